The first kappa shape index (κ1) is 21.8. The van der Waals surface area contributed by atoms with E-state index in [9.17, 15) is 9.18 Å². The summed E-state index contributed by atoms with van der Waals surface area (Å²) in [5, 5.41) is 10.1. The summed E-state index contributed by atoms with van der Waals surface area (Å²) in [6.45, 7) is 0.366. The van der Waals surface area contributed by atoms with Gasteiger partial charge in [-0.15, -0.1) is 11.3 Å². The number of nitrogens with one attached hydrogen (secondary N) is 1. The fraction of sp³-hybridized carbons (Fsp3) is 0.0385. The van der Waals surface area contributed by atoms with E-state index in [0.29, 0.717) is 51.0 Å². The van der Waals surface area contributed by atoms with Gasteiger partial charge in [-0.2, -0.15) is 5.10 Å². The second kappa shape index (κ2) is 9.16. The summed E-state index contributed by atoms with van der Waals surface area (Å²) in [6, 6.07) is 15.2. The lowest BCUT2D eigenvalue weighted by Crippen LogP contribution is -2.13. The quantitative estimate of drug-likeness (QED) is 0.320. The Hall–Kier alpha value is -4.70. The number of hydrogen-bond acceptors (Lipinski definition) is 7. The van der Waals surface area contributed by atoms with Gasteiger partial charge in [-0.05, 0) is 42.5 Å². The van der Waals surface area contributed by atoms with E-state index in [1.54, 1.807) is 59.2 Å². The largest absolute Gasteiger partial charge is 0.467 e. The van der Waals surface area contributed by atoms with Crippen LogP contribution in [-0.4, -0.2) is 30.6 Å². The van der Waals surface area contributed by atoms with Gasteiger partial charge in [-0.25, -0.2) is 19.0 Å². The fourth-order valence-electron chi connectivity index (χ4n) is 3.84. The highest BCUT2D eigenvalue weighted by Crippen LogP contribution is 2.28. The number of thiazole rings is 1. The number of hydrogen-bond donors (Lipinski definition) is 1. The molecule has 1 aromatic carbocycles. The van der Waals surface area contributed by atoms with Crippen molar-refractivity contribution in [3.8, 4) is 22.5 Å². The van der Waals surface area contributed by atoms with Gasteiger partial charge in [-0.3, -0.25) is 15.1 Å². The van der Waals surface area contributed by atoms with Crippen LogP contribution in [0.5, 0.6) is 0 Å². The molecule has 0 atom stereocenters. The molecule has 0 spiro atoms. The third kappa shape index (κ3) is 4.25. The lowest BCUT2D eigenvalue weighted by Gasteiger charge is -2.08. The smallest absolute Gasteiger partial charge is 0.258 e. The van der Waals surface area contributed by atoms with Crippen LogP contribution >= 0.6 is 11.3 Å². The van der Waals surface area contributed by atoms with Gasteiger partial charge >= 0.3 is 0 Å². The maximum Gasteiger partial charge on any atom is 0.258 e. The molecule has 6 aromatic rings. The highest BCUT2D eigenvalue weighted by atomic mass is 32.1. The molecule has 176 valence electrons. The minimum absolute atomic E-state index is 0.347. The molecule has 0 bridgehead atoms. The van der Waals surface area contributed by atoms with Gasteiger partial charge in [0.2, 0.25) is 0 Å². The monoisotopic (exact) mass is 496 g/mol. The van der Waals surface area contributed by atoms with Crippen LogP contribution in [0.1, 0.15) is 16.1 Å². The number of carbonyl (C=O) groups excluding carboxylic acids is 1. The van der Waals surface area contributed by atoms with Crippen molar-refractivity contribution in [1.29, 1.82) is 0 Å². The zero-order valence-corrected chi connectivity index (χ0v) is 19.4. The number of carbonyl (C=O) groups is 1. The van der Waals surface area contributed by atoms with Crippen LogP contribution in [0.2, 0.25) is 0 Å². The highest BCUT2D eigenvalue weighted by molar-refractivity contribution is 7.14. The molecule has 1 N–H and O–H groups in total. The van der Waals surface area contributed by atoms with Crippen molar-refractivity contribution in [2.24, 2.45) is 0 Å². The molecule has 36 heavy (non-hydrogen) atoms. The van der Waals surface area contributed by atoms with Crippen molar-refractivity contribution in [1.82, 2.24) is 24.7 Å². The van der Waals surface area contributed by atoms with E-state index >= 15 is 0 Å². The lowest BCUT2D eigenvalue weighted by molar-refractivity contribution is 0.102. The second-order valence-electron chi connectivity index (χ2n) is 7.92. The number of benzene rings is 1. The van der Waals surface area contributed by atoms with Gasteiger partial charge in [-0.1, -0.05) is 12.1 Å². The number of fused-ring (bicyclic) bond motifs is 1. The first-order valence-corrected chi connectivity index (χ1v) is 11.8. The SMILES string of the molecule is O=C(Nc1nc(-c2cccc(F)c2)cs1)c1cc(-c2cccnc2)nc2c1cnn2Cc1ccco1. The molecule has 0 unspecified atom stereocenters. The maximum absolute atomic E-state index is 13.6. The van der Waals surface area contributed by atoms with Crippen LogP contribution < -0.4 is 5.32 Å². The van der Waals surface area contributed by atoms with Gasteiger partial charge in [0.1, 0.15) is 18.1 Å². The number of amides is 1. The molecular weight excluding hydrogens is 479 g/mol. The third-order valence-electron chi connectivity index (χ3n) is 5.54. The molecule has 0 saturated carbocycles. The Morgan fingerprint density at radius 3 is 2.75 bits per heavy atom. The summed E-state index contributed by atoms with van der Waals surface area (Å²) in [4.78, 5) is 26.9. The van der Waals surface area contributed by atoms with E-state index in [1.165, 1.54) is 23.5 Å². The Bertz CT molecular complexity index is 1680. The minimum atomic E-state index is -0.356. The number of aromatic nitrogens is 5. The standard InChI is InChI=1S/C26H17FN6O2S/c27-18-6-1-4-16(10-18)23-15-36-26(31-23)32-25(34)20-11-22(17-5-2-8-28-12-17)30-24-21(20)13-29-33(24)14-19-7-3-9-35-19/h1-13,15H,14H2,(H,31,32,34). The number of pyridine rings is 2. The molecule has 6 rings (SSSR count). The van der Waals surface area contributed by atoms with Crippen molar-refractivity contribution >= 4 is 33.4 Å². The summed E-state index contributed by atoms with van der Waals surface area (Å²) in [7, 11) is 0. The number of nitrogens with zero attached hydrogens (tertiary/aromatic N) is 5. The Kier molecular flexibility index (Phi) is 5.55. The Morgan fingerprint density at radius 2 is 1.94 bits per heavy atom. The van der Waals surface area contributed by atoms with Crippen molar-refractivity contribution in [3.63, 3.8) is 0 Å². The highest BCUT2D eigenvalue weighted by Gasteiger charge is 2.19. The summed E-state index contributed by atoms with van der Waals surface area (Å²) in [5.74, 6) is 0.0113. The Labute approximate surface area is 208 Å². The zero-order chi connectivity index (χ0) is 24.5. The normalized spacial score (nSPS) is 11.1. The van der Waals surface area contributed by atoms with E-state index in [1.807, 2.05) is 18.2 Å². The second-order valence-corrected chi connectivity index (χ2v) is 8.78. The van der Waals surface area contributed by atoms with E-state index in [2.05, 4.69) is 20.4 Å². The van der Waals surface area contributed by atoms with Crippen LogP contribution in [0.25, 0.3) is 33.5 Å². The summed E-state index contributed by atoms with van der Waals surface area (Å²) >= 11 is 1.26. The first-order valence-electron chi connectivity index (χ1n) is 11.0. The number of rotatable bonds is 6. The van der Waals surface area contributed by atoms with Crippen LogP contribution in [0.15, 0.2) is 89.2 Å². The fourth-order valence-corrected chi connectivity index (χ4v) is 4.55. The summed E-state index contributed by atoms with van der Waals surface area (Å²) in [5.41, 5.74) is 3.50. The van der Waals surface area contributed by atoms with Gasteiger partial charge in [0, 0.05) is 28.9 Å². The average molecular weight is 497 g/mol. The molecule has 0 fully saturated rings. The van der Waals surface area contributed by atoms with Crippen molar-refractivity contribution < 1.29 is 13.6 Å². The molecule has 0 aliphatic heterocycles. The molecule has 5 aromatic heterocycles. The molecule has 0 saturated heterocycles. The lowest BCUT2D eigenvalue weighted by atomic mass is 10.1. The van der Waals surface area contributed by atoms with Crippen molar-refractivity contribution in [3.05, 3.63) is 102 Å². The Balaban J connectivity index is 1.38. The predicted octanol–water partition coefficient (Wildman–Crippen LogP) is 5.65. The molecule has 5 heterocycles. The first-order chi connectivity index (χ1) is 17.6. The molecule has 8 nitrogen and oxygen atoms in total. The van der Waals surface area contributed by atoms with E-state index in [0.717, 1.165) is 5.56 Å². The molecule has 0 aliphatic rings. The molecule has 0 aliphatic carbocycles. The predicted molar refractivity (Wildman–Crippen MR) is 134 cm³/mol. The summed E-state index contributed by atoms with van der Waals surface area (Å²) < 4.78 is 20.8. The van der Waals surface area contributed by atoms with Crippen LogP contribution in [0, 0.1) is 5.82 Å². The number of halogens is 1. The van der Waals surface area contributed by atoms with Gasteiger partial charge < -0.3 is 4.42 Å². The minimum Gasteiger partial charge on any atom is -0.467 e. The Morgan fingerprint density at radius 1 is 1.03 bits per heavy atom. The van der Waals surface area contributed by atoms with E-state index < -0.39 is 0 Å². The zero-order valence-electron chi connectivity index (χ0n) is 18.6. The van der Waals surface area contributed by atoms with Gasteiger partial charge in [0.25, 0.3) is 5.91 Å². The number of furan rings is 1. The molecule has 1 amide bonds. The molecule has 10 heteroatoms. The molecular formula is C26H17FN6O2S. The van der Waals surface area contributed by atoms with Crippen LogP contribution in [-0.2, 0) is 6.54 Å². The third-order valence-corrected chi connectivity index (χ3v) is 6.30. The van der Waals surface area contributed by atoms with Gasteiger partial charge in [0.05, 0.1) is 34.8 Å². The van der Waals surface area contributed by atoms with Gasteiger partial charge in [0.15, 0.2) is 10.8 Å². The number of anilines is 1. The van der Waals surface area contributed by atoms with Crippen molar-refractivity contribution in [2.45, 2.75) is 6.54 Å². The maximum atomic E-state index is 13.6. The van der Waals surface area contributed by atoms with Crippen LogP contribution in [0.3, 0.4) is 0 Å². The van der Waals surface area contributed by atoms with Crippen LogP contribution in [0.4, 0.5) is 9.52 Å². The van der Waals surface area contributed by atoms with E-state index in [4.69, 9.17) is 9.40 Å². The molecule has 0 radical (unpaired) electrons. The topological polar surface area (TPSA) is 98.7 Å². The van der Waals surface area contributed by atoms with E-state index in [-0.39, 0.29) is 11.7 Å². The van der Waals surface area contributed by atoms with Crippen molar-refractivity contribution in [2.75, 3.05) is 5.32 Å². The average Bonchev–Trinajstić information content (AvgIpc) is 3.66. The summed E-state index contributed by atoms with van der Waals surface area (Å²) in [6.07, 6.45) is 6.58.